The molecule has 6 nitrogen and oxygen atoms in total. The van der Waals surface area contributed by atoms with E-state index in [2.05, 4.69) is 31.9 Å². The number of aliphatic hydroxyl groups is 2. The van der Waals surface area contributed by atoms with Crippen LogP contribution >= 0.6 is 0 Å². The van der Waals surface area contributed by atoms with Crippen LogP contribution < -0.4 is 29.6 Å². The van der Waals surface area contributed by atoms with Gasteiger partial charge in [0.05, 0.1) is 18.8 Å². The van der Waals surface area contributed by atoms with E-state index in [4.69, 9.17) is 0 Å². The Balaban J connectivity index is 0.00000306. The fraction of sp³-hybridized carbons (Fsp3) is 1.00. The maximum Gasteiger partial charge on any atom is 1.00 e. The molecule has 0 aromatic rings. The minimum Gasteiger partial charge on any atom is -0.726 e. The molecule has 0 aromatic carbocycles. The van der Waals surface area contributed by atoms with E-state index in [1.54, 1.807) is 0 Å². The first-order valence-corrected chi connectivity index (χ1v) is 14.2. The van der Waals surface area contributed by atoms with E-state index < -0.39 is 10.4 Å². The Morgan fingerprint density at radius 1 is 1.03 bits per heavy atom. The average Bonchev–Trinajstić information content (AvgIpc) is 3.06. The molecule has 4 aliphatic carbocycles. The summed E-state index contributed by atoms with van der Waals surface area (Å²) in [4.78, 5) is 0. The molecule has 0 heterocycles. The third-order valence-corrected chi connectivity index (χ3v) is 11.4. The van der Waals surface area contributed by atoms with E-state index in [1.807, 2.05) is 0 Å². The first-order valence-electron chi connectivity index (χ1n) is 12.9. The molecular formula is C25H43NaO6S. The molecule has 186 valence electrons. The number of hydrogen-bond acceptors (Lipinski definition) is 6. The largest absolute Gasteiger partial charge is 1.00 e. The Hall–Kier alpha value is 0.790. The van der Waals surface area contributed by atoms with Gasteiger partial charge >= 0.3 is 29.6 Å². The molecular weight excluding hydrogens is 451 g/mol. The maximum absolute atomic E-state index is 11.7. The molecule has 4 rings (SSSR count). The van der Waals surface area contributed by atoms with Crippen LogP contribution in [0.2, 0.25) is 0 Å². The van der Waals surface area contributed by atoms with Gasteiger partial charge in [0, 0.05) is 0 Å². The SMILES string of the molecule is CC[C@H]1[C@@H](O)C2C3CC[C@H]([C@H](C)CCOS(=O)(=O)[O-])[C@@]3(C)CCC2[C@@]2(C)CC[C@@H](O)C[C@@H]12.[Na+]. The molecule has 4 fully saturated rings. The van der Waals surface area contributed by atoms with Crippen molar-refractivity contribution in [1.82, 2.24) is 0 Å². The zero-order valence-corrected chi connectivity index (χ0v) is 24.0. The van der Waals surface area contributed by atoms with E-state index >= 15 is 0 Å². The minimum absolute atomic E-state index is 0. The standard InChI is InChI=1S/C25H44O6S.Na/c1-5-17-21-14-16(26)8-11-25(21,4)20-9-12-24(3)18(6-7-19(24)22(20)23(17)27)15(2)10-13-31-32(28,29)30;/h15-23,26-27H,5-14H2,1-4H3,(H,28,29,30);/q;+1/p-1/t15-,16-,17-,18-,19?,20?,21+,22?,23-,24-,25-;/m1./s1. The summed E-state index contributed by atoms with van der Waals surface area (Å²) in [6, 6.07) is 0. The molecule has 0 aliphatic heterocycles. The number of aliphatic hydroxyl groups excluding tert-OH is 2. The summed E-state index contributed by atoms with van der Waals surface area (Å²) < 4.78 is 37.0. The van der Waals surface area contributed by atoms with Crippen molar-refractivity contribution >= 4 is 10.4 Å². The summed E-state index contributed by atoms with van der Waals surface area (Å²) in [6.07, 6.45) is 8.26. The normalized spacial score (nSPS) is 48.2. The minimum atomic E-state index is -4.64. The van der Waals surface area contributed by atoms with Crippen molar-refractivity contribution in [2.45, 2.75) is 97.7 Å². The Kier molecular flexibility index (Phi) is 8.83. The summed E-state index contributed by atoms with van der Waals surface area (Å²) >= 11 is 0. The van der Waals surface area contributed by atoms with Gasteiger partial charge in [0.1, 0.15) is 0 Å². The predicted molar refractivity (Wildman–Crippen MR) is 121 cm³/mol. The van der Waals surface area contributed by atoms with Crippen LogP contribution in [0.4, 0.5) is 0 Å². The first kappa shape index (κ1) is 28.4. The van der Waals surface area contributed by atoms with E-state index in [0.717, 1.165) is 51.4 Å². The number of rotatable bonds is 6. The van der Waals surface area contributed by atoms with Crippen molar-refractivity contribution in [3.05, 3.63) is 0 Å². The van der Waals surface area contributed by atoms with Crippen LogP contribution in [0.3, 0.4) is 0 Å². The molecule has 0 spiro atoms. The van der Waals surface area contributed by atoms with Gasteiger partial charge in [-0.25, -0.2) is 8.42 Å². The molecule has 33 heavy (non-hydrogen) atoms. The van der Waals surface area contributed by atoms with Crippen molar-refractivity contribution in [1.29, 1.82) is 0 Å². The van der Waals surface area contributed by atoms with Gasteiger partial charge in [-0.15, -0.1) is 0 Å². The van der Waals surface area contributed by atoms with Gasteiger partial charge in [0.2, 0.25) is 10.4 Å². The van der Waals surface area contributed by atoms with Gasteiger partial charge in [0.15, 0.2) is 0 Å². The molecule has 11 atom stereocenters. The van der Waals surface area contributed by atoms with Crippen LogP contribution in [-0.2, 0) is 14.6 Å². The molecule has 4 aliphatic rings. The van der Waals surface area contributed by atoms with Crippen molar-refractivity contribution < 1.29 is 56.9 Å². The summed E-state index contributed by atoms with van der Waals surface area (Å²) in [5, 5.41) is 22.1. The van der Waals surface area contributed by atoms with Crippen LogP contribution in [0, 0.1) is 52.3 Å². The van der Waals surface area contributed by atoms with Crippen LogP contribution in [0.5, 0.6) is 0 Å². The van der Waals surface area contributed by atoms with Crippen LogP contribution in [0.1, 0.15) is 85.5 Å². The van der Waals surface area contributed by atoms with Crippen LogP contribution in [0.25, 0.3) is 0 Å². The van der Waals surface area contributed by atoms with Crippen molar-refractivity contribution in [2.75, 3.05) is 6.61 Å². The Bertz CT molecular complexity index is 792. The quantitative estimate of drug-likeness (QED) is 0.326. The van der Waals surface area contributed by atoms with Crippen LogP contribution in [-0.4, -0.2) is 42.0 Å². The summed E-state index contributed by atoms with van der Waals surface area (Å²) in [7, 11) is -4.64. The molecule has 4 saturated carbocycles. The second kappa shape index (κ2) is 10.3. The third kappa shape index (κ3) is 5.01. The Labute approximate surface area is 222 Å². The molecule has 0 bridgehead atoms. The van der Waals surface area contributed by atoms with Crippen molar-refractivity contribution in [3.63, 3.8) is 0 Å². The van der Waals surface area contributed by atoms with Crippen molar-refractivity contribution in [3.8, 4) is 0 Å². The van der Waals surface area contributed by atoms with Gasteiger partial charge < -0.3 is 14.8 Å². The fourth-order valence-corrected chi connectivity index (χ4v) is 9.77. The van der Waals surface area contributed by atoms with E-state index in [1.165, 1.54) is 0 Å². The molecule has 0 aromatic heterocycles. The third-order valence-electron chi connectivity index (χ3n) is 11.0. The van der Waals surface area contributed by atoms with Gasteiger partial charge in [-0.3, -0.25) is 4.18 Å². The second-order valence-corrected chi connectivity index (χ2v) is 13.2. The molecule has 3 unspecified atom stereocenters. The maximum atomic E-state index is 11.7. The average molecular weight is 495 g/mol. The Morgan fingerprint density at radius 2 is 1.67 bits per heavy atom. The smallest absolute Gasteiger partial charge is 0.726 e. The molecule has 8 heteroatoms. The number of hydrogen-bond donors (Lipinski definition) is 2. The number of fused-ring (bicyclic) bond motifs is 5. The van der Waals surface area contributed by atoms with Crippen LogP contribution in [0.15, 0.2) is 0 Å². The topological polar surface area (TPSA) is 107 Å². The summed E-state index contributed by atoms with van der Waals surface area (Å²) in [5.41, 5.74) is 0.332. The first-order chi connectivity index (χ1) is 14.9. The van der Waals surface area contributed by atoms with Crippen molar-refractivity contribution in [2.24, 2.45) is 52.3 Å². The fourth-order valence-electron chi connectivity index (χ4n) is 9.47. The predicted octanol–water partition coefficient (Wildman–Crippen LogP) is 1.12. The van der Waals surface area contributed by atoms with Gasteiger partial charge in [-0.05, 0) is 104 Å². The van der Waals surface area contributed by atoms with E-state index in [0.29, 0.717) is 36.0 Å². The van der Waals surface area contributed by atoms with Gasteiger partial charge in [-0.2, -0.15) is 0 Å². The summed E-state index contributed by atoms with van der Waals surface area (Å²) in [6.45, 7) is 9.17. The Morgan fingerprint density at radius 3 is 2.30 bits per heavy atom. The van der Waals surface area contributed by atoms with E-state index in [9.17, 15) is 23.2 Å². The molecule has 0 radical (unpaired) electrons. The summed E-state index contributed by atoms with van der Waals surface area (Å²) in [5.74, 6) is 2.69. The van der Waals surface area contributed by atoms with Gasteiger partial charge in [-0.1, -0.05) is 34.1 Å². The zero-order valence-electron chi connectivity index (χ0n) is 21.2. The monoisotopic (exact) mass is 494 g/mol. The second-order valence-electron chi connectivity index (χ2n) is 12.1. The van der Waals surface area contributed by atoms with Gasteiger partial charge in [0.25, 0.3) is 0 Å². The zero-order chi connectivity index (χ0) is 23.5. The van der Waals surface area contributed by atoms with E-state index in [-0.39, 0.29) is 71.0 Å². The molecule has 2 N–H and O–H groups in total. The molecule has 0 saturated heterocycles. The molecule has 0 amide bonds.